The third kappa shape index (κ3) is 3.37. The maximum Gasteiger partial charge on any atom is 0.420 e. The highest BCUT2D eigenvalue weighted by Crippen LogP contribution is 2.69. The average molecular weight is 301 g/mol. The molecule has 1 aromatic heterocycles. The summed E-state index contributed by atoms with van der Waals surface area (Å²) in [4.78, 5) is 30.6. The molecule has 0 amide bonds. The average Bonchev–Trinajstić information content (AvgIpc) is 2.16. The minimum Gasteiger partial charge on any atom is -0.421 e. The van der Waals surface area contributed by atoms with Gasteiger partial charge in [0.05, 0.1) is 6.20 Å². The first-order valence-electron chi connectivity index (χ1n) is 4.28. The van der Waals surface area contributed by atoms with E-state index in [0.29, 0.717) is 6.92 Å². The highest BCUT2D eigenvalue weighted by atomic mass is 31.2. The van der Waals surface area contributed by atoms with E-state index in [2.05, 4.69) is 9.51 Å². The normalized spacial score (nSPS) is 18.1. The largest absolute Gasteiger partial charge is 0.421 e. The molecule has 6 N–H and O–H groups in total. The summed E-state index contributed by atoms with van der Waals surface area (Å²) in [6.45, 7) is 0.533. The zero-order valence-corrected chi connectivity index (χ0v) is 11.0. The number of pyridine rings is 1. The molecule has 0 aliphatic heterocycles. The van der Waals surface area contributed by atoms with Crippen LogP contribution in [0.2, 0.25) is 0 Å². The fourth-order valence-electron chi connectivity index (χ4n) is 0.795. The Morgan fingerprint density at radius 2 is 1.89 bits per heavy atom. The van der Waals surface area contributed by atoms with Crippen LogP contribution in [-0.4, -0.2) is 35.3 Å². The van der Waals surface area contributed by atoms with Crippen LogP contribution >= 0.6 is 15.2 Å². The van der Waals surface area contributed by atoms with Crippen LogP contribution in [0.4, 0.5) is 0 Å². The molecule has 0 bridgehead atoms. The Kier molecular flexibility index (Phi) is 5.22. The Morgan fingerprint density at radius 1 is 1.33 bits per heavy atom. The van der Waals surface area contributed by atoms with E-state index in [9.17, 15) is 19.1 Å². The lowest BCUT2D eigenvalue weighted by molar-refractivity contribution is 0.148. The molecule has 0 spiro atoms. The van der Waals surface area contributed by atoms with Crippen molar-refractivity contribution in [3.63, 3.8) is 0 Å². The Bertz CT molecular complexity index is 483. The van der Waals surface area contributed by atoms with Crippen LogP contribution < -0.4 is 4.52 Å². The third-order valence-electron chi connectivity index (χ3n) is 1.95. The van der Waals surface area contributed by atoms with E-state index >= 15 is 0 Å². The molecule has 0 fully saturated rings. The highest BCUT2D eigenvalue weighted by molar-refractivity contribution is 7.72. The molecule has 0 aliphatic carbocycles. The second kappa shape index (κ2) is 5.46. The number of rotatable bonds is 4. The predicted molar refractivity (Wildman–Crippen MR) is 61.0 cm³/mol. The second-order valence-corrected chi connectivity index (χ2v) is 7.72. The second-order valence-electron chi connectivity index (χ2n) is 3.32. The van der Waals surface area contributed by atoms with Gasteiger partial charge in [-0.1, -0.05) is 0 Å². The fourth-order valence-corrected chi connectivity index (χ4v) is 2.80. The zero-order chi connectivity index (χ0) is 13.3. The number of aliphatic hydroxyl groups is 1. The number of nitrogens with zero attached hydrogens (tertiary/aromatic N) is 1. The van der Waals surface area contributed by atoms with Crippen LogP contribution in [0.25, 0.3) is 0 Å². The molecular weight excluding hydrogens is 288 g/mol. The minimum absolute atomic E-state index is 0. The van der Waals surface area contributed by atoms with Crippen molar-refractivity contribution in [2.75, 3.05) is 0 Å². The minimum atomic E-state index is -5.23. The van der Waals surface area contributed by atoms with Crippen molar-refractivity contribution in [3.8, 4) is 5.75 Å². The van der Waals surface area contributed by atoms with Crippen molar-refractivity contribution in [1.82, 2.24) is 4.98 Å². The summed E-state index contributed by atoms with van der Waals surface area (Å²) in [7, 11) is -10.2. The van der Waals surface area contributed by atoms with E-state index in [1.54, 1.807) is 0 Å². The molecule has 0 radical (unpaired) electrons. The van der Waals surface area contributed by atoms with Gasteiger partial charge in [-0.2, -0.15) is 0 Å². The summed E-state index contributed by atoms with van der Waals surface area (Å²) in [6.07, 6.45) is 2.44. The molecule has 104 valence electrons. The molecule has 0 saturated heterocycles. The summed E-state index contributed by atoms with van der Waals surface area (Å²) in [5.74, 6) is -0.188. The smallest absolute Gasteiger partial charge is 0.420 e. The molecule has 2 atom stereocenters. The van der Waals surface area contributed by atoms with Gasteiger partial charge in [0.1, 0.15) is 5.75 Å². The van der Waals surface area contributed by atoms with Crippen LogP contribution in [0.15, 0.2) is 24.5 Å². The van der Waals surface area contributed by atoms with Gasteiger partial charge in [0.2, 0.25) is 0 Å². The van der Waals surface area contributed by atoms with Crippen LogP contribution in [0.5, 0.6) is 5.75 Å². The van der Waals surface area contributed by atoms with Gasteiger partial charge in [0.25, 0.3) is 5.08 Å². The van der Waals surface area contributed by atoms with Gasteiger partial charge < -0.3 is 29.8 Å². The molecule has 18 heavy (non-hydrogen) atoms. The van der Waals surface area contributed by atoms with Gasteiger partial charge in [-0.25, -0.2) is 4.57 Å². The monoisotopic (exact) mass is 301 g/mol. The Morgan fingerprint density at radius 3 is 2.28 bits per heavy atom. The lowest BCUT2D eigenvalue weighted by Crippen LogP contribution is -2.26. The van der Waals surface area contributed by atoms with Gasteiger partial charge in [0.15, 0.2) is 0 Å². The van der Waals surface area contributed by atoms with E-state index in [4.69, 9.17) is 9.79 Å². The lowest BCUT2D eigenvalue weighted by Gasteiger charge is -2.28. The van der Waals surface area contributed by atoms with E-state index in [1.165, 1.54) is 18.3 Å². The number of hydrogen-bond acceptors (Lipinski definition) is 5. The van der Waals surface area contributed by atoms with Crippen molar-refractivity contribution in [2.24, 2.45) is 0 Å². The number of hydrogen-bond donors (Lipinski definition) is 4. The van der Waals surface area contributed by atoms with Crippen molar-refractivity contribution in [1.29, 1.82) is 0 Å². The first kappa shape index (κ1) is 17.2. The fraction of sp³-hybridized carbons (Fsp3) is 0.286. The van der Waals surface area contributed by atoms with Crippen LogP contribution in [0.1, 0.15) is 6.92 Å². The Balaban J connectivity index is 0.00000289. The van der Waals surface area contributed by atoms with E-state index < -0.39 is 20.3 Å². The van der Waals surface area contributed by atoms with Crippen molar-refractivity contribution in [2.45, 2.75) is 12.0 Å². The van der Waals surface area contributed by atoms with Gasteiger partial charge in [-0.15, -0.1) is 0 Å². The van der Waals surface area contributed by atoms with E-state index in [1.807, 2.05) is 0 Å². The summed E-state index contributed by atoms with van der Waals surface area (Å²) < 4.78 is 27.0. The molecular formula is C7H13NO8P2. The quantitative estimate of drug-likeness (QED) is 0.547. The number of aromatic nitrogens is 1. The summed E-state index contributed by atoms with van der Waals surface area (Å²) in [5.41, 5.74) is 0. The molecule has 0 aromatic carbocycles. The molecule has 9 nitrogen and oxygen atoms in total. The first-order valence-corrected chi connectivity index (χ1v) is 7.47. The van der Waals surface area contributed by atoms with E-state index in [-0.39, 0.29) is 11.2 Å². The van der Waals surface area contributed by atoms with Gasteiger partial charge in [0, 0.05) is 6.20 Å². The van der Waals surface area contributed by atoms with Gasteiger partial charge >= 0.3 is 15.2 Å². The van der Waals surface area contributed by atoms with Crippen LogP contribution in [0.3, 0.4) is 0 Å². The third-order valence-corrected chi connectivity index (χ3v) is 6.12. The first-order chi connectivity index (χ1) is 7.58. The van der Waals surface area contributed by atoms with Crippen molar-refractivity contribution >= 4 is 15.2 Å². The highest BCUT2D eigenvalue weighted by Gasteiger charge is 2.58. The van der Waals surface area contributed by atoms with Gasteiger partial charge in [-0.3, -0.25) is 9.55 Å². The Labute approximate surface area is 102 Å². The molecule has 1 rings (SSSR count). The molecule has 2 unspecified atom stereocenters. The van der Waals surface area contributed by atoms with Crippen molar-refractivity contribution in [3.05, 3.63) is 24.5 Å². The van der Waals surface area contributed by atoms with Crippen LogP contribution in [0, 0.1) is 0 Å². The topological polar surface area (TPSA) is 169 Å². The van der Waals surface area contributed by atoms with E-state index in [0.717, 1.165) is 6.20 Å². The SMILES string of the molecule is CC(O)(P(=O)(O)O)P(=O)(O)Oc1cccnc1.O. The summed E-state index contributed by atoms with van der Waals surface area (Å²) in [6, 6.07) is 2.65. The molecule has 1 aromatic rings. The predicted octanol–water partition coefficient (Wildman–Crippen LogP) is -0.335. The molecule has 1 heterocycles. The maximum atomic E-state index is 11.6. The maximum absolute atomic E-state index is 11.6. The zero-order valence-electron chi connectivity index (χ0n) is 9.16. The molecule has 0 saturated carbocycles. The van der Waals surface area contributed by atoms with Crippen molar-refractivity contribution < 1.29 is 38.9 Å². The lowest BCUT2D eigenvalue weighted by atomic mass is 10.5. The molecule has 11 heteroatoms. The molecule has 0 aliphatic rings. The van der Waals surface area contributed by atoms with Gasteiger partial charge in [-0.05, 0) is 19.1 Å². The van der Waals surface area contributed by atoms with Crippen LogP contribution in [-0.2, 0) is 9.13 Å². The summed E-state index contributed by atoms with van der Waals surface area (Å²) in [5, 5.41) is 6.23. The standard InChI is InChI=1S/C7H11NO7P2.H2O/c1-7(9,16(10,11)12)17(13,14)15-6-3-2-4-8-5-6;/h2-5,9H,1H3,(H,13,14)(H2,10,11,12);1H2. The summed E-state index contributed by atoms with van der Waals surface area (Å²) >= 11 is 0. The Hall–Kier alpha value is -0.790.